The van der Waals surface area contributed by atoms with E-state index in [4.69, 9.17) is 20.4 Å². The van der Waals surface area contributed by atoms with E-state index in [1.807, 2.05) is 21.4 Å². The van der Waals surface area contributed by atoms with Crippen LogP contribution in [0.3, 0.4) is 0 Å². The van der Waals surface area contributed by atoms with Crippen molar-refractivity contribution >= 4 is 28.5 Å². The lowest BCUT2D eigenvalue weighted by atomic mass is 9.97. The third kappa shape index (κ3) is 4.40. The molecule has 1 saturated carbocycles. The van der Waals surface area contributed by atoms with E-state index in [1.54, 1.807) is 25.6 Å². The average molecular weight is 592 g/mol. The van der Waals surface area contributed by atoms with Crippen LogP contribution in [0.4, 0.5) is 5.95 Å². The fourth-order valence-electron chi connectivity index (χ4n) is 7.26. The van der Waals surface area contributed by atoms with Crippen LogP contribution in [-0.4, -0.2) is 64.9 Å². The largest absolute Gasteiger partial charge is 0.482 e. The molecule has 3 N–H and O–H groups in total. The SMILES string of the molecule is COc1cc(C(=O)N2[C@H]3CC[C@@H]2[C@H](N)C3)cc2nc(-c3cc4ccc([C@@H](C)Nc5ncccn5)nc4n3CC3CC3)c(C)n12. The maximum atomic E-state index is 13.8. The molecule has 4 atom stereocenters. The Labute approximate surface area is 255 Å². The Balaban J connectivity index is 1.20. The minimum Gasteiger partial charge on any atom is -0.482 e. The van der Waals surface area contributed by atoms with Gasteiger partial charge in [-0.1, -0.05) is 0 Å². The third-order valence-corrected chi connectivity index (χ3v) is 9.69. The fraction of sp³-hybridized carbons (Fsp3) is 0.424. The highest BCUT2D eigenvalue weighted by atomic mass is 16.5. The second-order valence-electron chi connectivity index (χ2n) is 12.6. The number of nitrogens with zero attached hydrogens (tertiary/aromatic N) is 7. The van der Waals surface area contributed by atoms with Crippen molar-refractivity contribution in [2.45, 2.75) is 76.7 Å². The number of fused-ring (bicyclic) bond motifs is 4. The molecular weight excluding hydrogens is 554 g/mol. The molecule has 5 aromatic heterocycles. The Morgan fingerprint density at radius 3 is 2.64 bits per heavy atom. The van der Waals surface area contributed by atoms with Crippen LogP contribution in [0.25, 0.3) is 28.1 Å². The quantitative estimate of drug-likeness (QED) is 0.265. The Morgan fingerprint density at radius 2 is 1.93 bits per heavy atom. The summed E-state index contributed by atoms with van der Waals surface area (Å²) in [4.78, 5) is 34.7. The first-order chi connectivity index (χ1) is 21.4. The van der Waals surface area contributed by atoms with Gasteiger partial charge in [0.1, 0.15) is 17.0 Å². The average Bonchev–Trinajstić information content (AvgIpc) is 3.35. The summed E-state index contributed by atoms with van der Waals surface area (Å²) in [5, 5.41) is 4.42. The maximum Gasteiger partial charge on any atom is 0.254 e. The minimum atomic E-state index is -0.0768. The number of carbonyl (C=O) groups excluding carboxylic acids is 1. The molecule has 226 valence electrons. The van der Waals surface area contributed by atoms with E-state index in [0.717, 1.165) is 59.6 Å². The molecule has 5 aromatic rings. The lowest BCUT2D eigenvalue weighted by Crippen LogP contribution is -2.40. The van der Waals surface area contributed by atoms with Gasteiger partial charge in [0.2, 0.25) is 5.95 Å². The summed E-state index contributed by atoms with van der Waals surface area (Å²) in [6, 6.07) is 12.2. The number of methoxy groups -OCH3 is 1. The summed E-state index contributed by atoms with van der Waals surface area (Å²) in [6.07, 6.45) is 8.75. The molecule has 3 fully saturated rings. The number of imidazole rings is 1. The highest BCUT2D eigenvalue weighted by Crippen LogP contribution is 2.40. The topological polar surface area (TPSA) is 128 Å². The number of nitrogens with two attached hydrogens (primary N) is 1. The molecule has 2 bridgehead atoms. The molecule has 44 heavy (non-hydrogen) atoms. The van der Waals surface area contributed by atoms with Gasteiger partial charge >= 0.3 is 0 Å². The van der Waals surface area contributed by atoms with Crippen LogP contribution >= 0.6 is 0 Å². The first-order valence-corrected chi connectivity index (χ1v) is 15.6. The monoisotopic (exact) mass is 591 g/mol. The molecule has 0 radical (unpaired) electrons. The van der Waals surface area contributed by atoms with E-state index in [1.165, 1.54) is 12.8 Å². The van der Waals surface area contributed by atoms with E-state index >= 15 is 0 Å². The van der Waals surface area contributed by atoms with Gasteiger partial charge in [0.15, 0.2) is 5.88 Å². The molecule has 1 amide bonds. The van der Waals surface area contributed by atoms with Gasteiger partial charge in [0.25, 0.3) is 5.91 Å². The van der Waals surface area contributed by atoms with Crippen molar-refractivity contribution in [2.24, 2.45) is 11.7 Å². The lowest BCUT2D eigenvalue weighted by molar-refractivity contribution is 0.0726. The highest BCUT2D eigenvalue weighted by molar-refractivity contribution is 5.96. The van der Waals surface area contributed by atoms with Crippen molar-refractivity contribution in [3.8, 4) is 17.3 Å². The van der Waals surface area contributed by atoms with Crippen molar-refractivity contribution < 1.29 is 9.53 Å². The van der Waals surface area contributed by atoms with E-state index in [9.17, 15) is 4.79 Å². The van der Waals surface area contributed by atoms with E-state index < -0.39 is 0 Å². The molecule has 11 nitrogen and oxygen atoms in total. The summed E-state index contributed by atoms with van der Waals surface area (Å²) < 4.78 is 10.2. The molecule has 0 aromatic carbocycles. The van der Waals surface area contributed by atoms with Crippen LogP contribution in [0.2, 0.25) is 0 Å². The normalized spacial score (nSPS) is 21.8. The van der Waals surface area contributed by atoms with Crippen LogP contribution in [0, 0.1) is 12.8 Å². The van der Waals surface area contributed by atoms with Gasteiger partial charge in [-0.15, -0.1) is 0 Å². The van der Waals surface area contributed by atoms with Crippen molar-refractivity contribution in [3.05, 3.63) is 65.7 Å². The zero-order chi connectivity index (χ0) is 30.1. The smallest absolute Gasteiger partial charge is 0.254 e. The number of hydrogen-bond acceptors (Lipinski definition) is 8. The molecule has 11 heteroatoms. The number of hydrogen-bond donors (Lipinski definition) is 2. The Morgan fingerprint density at radius 1 is 1.11 bits per heavy atom. The predicted molar refractivity (Wildman–Crippen MR) is 168 cm³/mol. The molecule has 8 rings (SSSR count). The first kappa shape index (κ1) is 27.1. The van der Waals surface area contributed by atoms with E-state index in [2.05, 4.69) is 51.9 Å². The van der Waals surface area contributed by atoms with Gasteiger partial charge < -0.3 is 25.3 Å². The third-order valence-electron chi connectivity index (χ3n) is 9.69. The van der Waals surface area contributed by atoms with Crippen molar-refractivity contribution in [3.63, 3.8) is 0 Å². The molecule has 0 unspecified atom stereocenters. The number of carbonyl (C=O) groups is 1. The number of pyridine rings is 2. The van der Waals surface area contributed by atoms with Crippen molar-refractivity contribution in [1.82, 2.24) is 33.8 Å². The van der Waals surface area contributed by atoms with Gasteiger partial charge in [-0.05, 0) is 82.2 Å². The van der Waals surface area contributed by atoms with Gasteiger partial charge in [0.05, 0.1) is 30.2 Å². The van der Waals surface area contributed by atoms with Crippen LogP contribution in [-0.2, 0) is 6.54 Å². The zero-order valence-electron chi connectivity index (χ0n) is 25.3. The minimum absolute atomic E-state index is 0.0108. The van der Waals surface area contributed by atoms with Gasteiger partial charge in [-0.3, -0.25) is 9.20 Å². The molecule has 2 aliphatic heterocycles. The van der Waals surface area contributed by atoms with Crippen LogP contribution in [0.1, 0.15) is 66.8 Å². The van der Waals surface area contributed by atoms with Gasteiger partial charge in [-0.25, -0.2) is 19.9 Å². The molecule has 2 saturated heterocycles. The number of anilines is 1. The number of rotatable bonds is 8. The predicted octanol–water partition coefficient (Wildman–Crippen LogP) is 4.75. The Bertz CT molecular complexity index is 1890. The maximum absolute atomic E-state index is 13.8. The molecule has 1 aliphatic carbocycles. The van der Waals surface area contributed by atoms with Gasteiger partial charge in [0, 0.05) is 54.1 Å². The number of ether oxygens (including phenoxy) is 1. The second-order valence-corrected chi connectivity index (χ2v) is 12.6. The molecule has 0 spiro atoms. The van der Waals surface area contributed by atoms with Crippen LogP contribution < -0.4 is 15.8 Å². The summed E-state index contributed by atoms with van der Waals surface area (Å²) in [5.41, 5.74) is 12.3. The van der Waals surface area contributed by atoms with E-state index in [-0.39, 0.29) is 30.1 Å². The lowest BCUT2D eigenvalue weighted by Gasteiger charge is -2.23. The highest BCUT2D eigenvalue weighted by Gasteiger charge is 2.47. The summed E-state index contributed by atoms with van der Waals surface area (Å²) in [6.45, 7) is 5.01. The fourth-order valence-corrected chi connectivity index (χ4v) is 7.26. The number of aromatic nitrogens is 6. The molecule has 3 aliphatic rings. The van der Waals surface area contributed by atoms with Crippen molar-refractivity contribution in [1.29, 1.82) is 0 Å². The van der Waals surface area contributed by atoms with Gasteiger partial charge in [-0.2, -0.15) is 0 Å². The Kier molecular flexibility index (Phi) is 6.33. The first-order valence-electron chi connectivity index (χ1n) is 15.6. The molecule has 7 heterocycles. The Hall–Kier alpha value is -4.51. The number of nitrogens with one attached hydrogen (secondary N) is 1. The number of aryl methyl sites for hydroxylation is 1. The van der Waals surface area contributed by atoms with Crippen LogP contribution in [0.5, 0.6) is 5.88 Å². The number of amides is 1. The second kappa shape index (κ2) is 10.3. The zero-order valence-corrected chi connectivity index (χ0v) is 25.3. The van der Waals surface area contributed by atoms with Crippen molar-refractivity contribution in [2.75, 3.05) is 12.4 Å². The summed E-state index contributed by atoms with van der Waals surface area (Å²) >= 11 is 0. The van der Waals surface area contributed by atoms with E-state index in [0.29, 0.717) is 29.0 Å². The summed E-state index contributed by atoms with van der Waals surface area (Å²) in [5.74, 6) is 1.80. The van der Waals surface area contributed by atoms with Crippen LogP contribution in [0.15, 0.2) is 48.8 Å². The standard InChI is InChI=1S/C33H37N9O2/c1-18(37-33-35-11-4-12-36-33)25-9-7-21-13-27(40(31(21)38-25)17-20-5-6-20)30-19(2)41-28(39-30)14-22(15-29(41)44-3)32(43)42-23-8-10-26(42)24(34)16-23/h4,7,9,11-15,18,20,23-24,26H,5-6,8,10,16-17,34H2,1-3H3,(H,35,36,37)/t18-,23+,24-,26-/m1/s1. The molecular formula is C33H37N9O2. The summed E-state index contributed by atoms with van der Waals surface area (Å²) in [7, 11) is 1.64.